The van der Waals surface area contributed by atoms with E-state index in [1.54, 1.807) is 0 Å². The van der Waals surface area contributed by atoms with Crippen LogP contribution in [0, 0.1) is 6.92 Å². The van der Waals surface area contributed by atoms with Gasteiger partial charge in [0.15, 0.2) is 0 Å². The number of hydrogen-bond donors (Lipinski definition) is 0. The molecular weight excluding hydrogens is 208 g/mol. The quantitative estimate of drug-likeness (QED) is 0.657. The monoisotopic (exact) mass is 228 g/mol. The fourth-order valence-corrected chi connectivity index (χ4v) is 3.02. The Balaban J connectivity index is 1.92. The molecule has 90 valence electrons. The molecular formula is C16H20O. The molecule has 1 heteroatoms. The number of benzene rings is 1. The fraction of sp³-hybridized carbons (Fsp3) is 0.500. The third kappa shape index (κ3) is 1.93. The van der Waals surface area contributed by atoms with Crippen molar-refractivity contribution in [2.45, 2.75) is 51.2 Å². The molecule has 1 heterocycles. The summed E-state index contributed by atoms with van der Waals surface area (Å²) in [5.41, 5.74) is 3.92. The summed E-state index contributed by atoms with van der Waals surface area (Å²) in [7, 11) is 0. The molecule has 1 aliphatic heterocycles. The van der Waals surface area contributed by atoms with Crippen molar-refractivity contribution in [2.24, 2.45) is 0 Å². The summed E-state index contributed by atoms with van der Waals surface area (Å²) in [6.45, 7) is 4.32. The molecule has 0 spiro atoms. The van der Waals surface area contributed by atoms with Crippen LogP contribution in [0.2, 0.25) is 0 Å². The van der Waals surface area contributed by atoms with Gasteiger partial charge in [-0.05, 0) is 50.3 Å². The Kier molecular flexibility index (Phi) is 2.59. The molecule has 0 amide bonds. The minimum absolute atomic E-state index is 0.196. The van der Waals surface area contributed by atoms with Gasteiger partial charge in [0, 0.05) is 0 Å². The molecule has 0 radical (unpaired) electrons. The van der Waals surface area contributed by atoms with E-state index in [1.165, 1.54) is 42.4 Å². The van der Waals surface area contributed by atoms with Crippen LogP contribution in [0.4, 0.5) is 0 Å². The second-order valence-corrected chi connectivity index (χ2v) is 5.54. The Morgan fingerprint density at radius 3 is 2.65 bits per heavy atom. The van der Waals surface area contributed by atoms with Crippen LogP contribution >= 0.6 is 0 Å². The second-order valence-electron chi connectivity index (χ2n) is 5.54. The Bertz CT molecular complexity index is 443. The predicted molar refractivity (Wildman–Crippen MR) is 70.0 cm³/mol. The third-order valence-electron chi connectivity index (χ3n) is 4.07. The van der Waals surface area contributed by atoms with Gasteiger partial charge in [0.25, 0.3) is 0 Å². The van der Waals surface area contributed by atoms with Crippen LogP contribution in [0.3, 0.4) is 0 Å². The first-order valence-electron chi connectivity index (χ1n) is 6.64. The molecule has 1 aromatic carbocycles. The van der Waals surface area contributed by atoms with Gasteiger partial charge in [-0.2, -0.15) is 0 Å². The predicted octanol–water partition coefficient (Wildman–Crippen LogP) is 4.11. The van der Waals surface area contributed by atoms with Crippen LogP contribution in [0.25, 0.3) is 0 Å². The Labute approximate surface area is 103 Å². The number of rotatable bonds is 1. The van der Waals surface area contributed by atoms with Crippen molar-refractivity contribution >= 4 is 0 Å². The van der Waals surface area contributed by atoms with Gasteiger partial charge in [-0.15, -0.1) is 0 Å². The fourth-order valence-electron chi connectivity index (χ4n) is 3.02. The SMILES string of the molecule is Cc1ccc([C@@]2(C)C=C3CCCC[C@H]3O2)cc1. The van der Waals surface area contributed by atoms with Crippen LogP contribution < -0.4 is 0 Å². The lowest BCUT2D eigenvalue weighted by Gasteiger charge is -2.27. The van der Waals surface area contributed by atoms with E-state index in [-0.39, 0.29) is 5.60 Å². The number of aryl methyl sites for hydroxylation is 1. The average molecular weight is 228 g/mol. The van der Waals surface area contributed by atoms with Crippen LogP contribution in [-0.2, 0) is 10.3 Å². The highest BCUT2D eigenvalue weighted by atomic mass is 16.5. The average Bonchev–Trinajstić information content (AvgIpc) is 2.67. The molecule has 17 heavy (non-hydrogen) atoms. The first kappa shape index (κ1) is 11.0. The molecule has 2 atom stereocenters. The molecule has 1 saturated carbocycles. The maximum absolute atomic E-state index is 6.29. The first-order chi connectivity index (χ1) is 8.17. The molecule has 0 saturated heterocycles. The van der Waals surface area contributed by atoms with E-state index in [4.69, 9.17) is 4.74 Å². The third-order valence-corrected chi connectivity index (χ3v) is 4.07. The second kappa shape index (κ2) is 3.99. The molecule has 1 fully saturated rings. The Morgan fingerprint density at radius 2 is 1.94 bits per heavy atom. The molecule has 1 nitrogen and oxygen atoms in total. The van der Waals surface area contributed by atoms with Gasteiger partial charge in [-0.1, -0.05) is 36.2 Å². The highest BCUT2D eigenvalue weighted by Crippen LogP contribution is 2.42. The summed E-state index contributed by atoms with van der Waals surface area (Å²) < 4.78 is 6.29. The normalized spacial score (nSPS) is 32.1. The van der Waals surface area contributed by atoms with Crippen molar-refractivity contribution in [3.05, 3.63) is 47.0 Å². The van der Waals surface area contributed by atoms with Crippen LogP contribution in [0.5, 0.6) is 0 Å². The summed E-state index contributed by atoms with van der Waals surface area (Å²) in [5.74, 6) is 0. The smallest absolute Gasteiger partial charge is 0.110 e. The molecule has 1 aromatic rings. The van der Waals surface area contributed by atoms with Crippen LogP contribution in [0.1, 0.15) is 43.7 Å². The van der Waals surface area contributed by atoms with Crippen molar-refractivity contribution in [1.82, 2.24) is 0 Å². The van der Waals surface area contributed by atoms with Gasteiger partial charge in [-0.3, -0.25) is 0 Å². The van der Waals surface area contributed by atoms with Gasteiger partial charge < -0.3 is 4.74 Å². The highest BCUT2D eigenvalue weighted by Gasteiger charge is 2.38. The van der Waals surface area contributed by atoms with E-state index in [2.05, 4.69) is 44.2 Å². The molecule has 1 aliphatic carbocycles. The molecule has 0 unspecified atom stereocenters. The molecule has 2 aliphatic rings. The van der Waals surface area contributed by atoms with E-state index in [0.717, 1.165) is 0 Å². The lowest BCUT2D eigenvalue weighted by Crippen LogP contribution is -2.24. The van der Waals surface area contributed by atoms with Crippen molar-refractivity contribution in [1.29, 1.82) is 0 Å². The number of ether oxygens (including phenoxy) is 1. The van der Waals surface area contributed by atoms with E-state index >= 15 is 0 Å². The minimum Gasteiger partial charge on any atom is -0.359 e. The highest BCUT2D eigenvalue weighted by molar-refractivity contribution is 5.35. The van der Waals surface area contributed by atoms with Gasteiger partial charge in [-0.25, -0.2) is 0 Å². The summed E-state index contributed by atoms with van der Waals surface area (Å²) >= 11 is 0. The number of fused-ring (bicyclic) bond motifs is 1. The van der Waals surface area contributed by atoms with Gasteiger partial charge in [0.2, 0.25) is 0 Å². The van der Waals surface area contributed by atoms with Crippen LogP contribution in [-0.4, -0.2) is 6.10 Å². The Hall–Kier alpha value is -1.08. The summed E-state index contributed by atoms with van der Waals surface area (Å²) in [6.07, 6.45) is 7.82. The van der Waals surface area contributed by atoms with Gasteiger partial charge in [0.05, 0.1) is 6.10 Å². The maximum Gasteiger partial charge on any atom is 0.110 e. The molecule has 3 rings (SSSR count). The zero-order valence-electron chi connectivity index (χ0n) is 10.7. The lowest BCUT2D eigenvalue weighted by molar-refractivity contribution is -0.0254. The van der Waals surface area contributed by atoms with Crippen molar-refractivity contribution in [2.75, 3.05) is 0 Å². The summed E-state index contributed by atoms with van der Waals surface area (Å²) in [4.78, 5) is 0. The summed E-state index contributed by atoms with van der Waals surface area (Å²) in [6, 6.07) is 8.74. The Morgan fingerprint density at radius 1 is 1.18 bits per heavy atom. The van der Waals surface area contributed by atoms with Gasteiger partial charge in [0.1, 0.15) is 5.60 Å². The van der Waals surface area contributed by atoms with Crippen molar-refractivity contribution < 1.29 is 4.74 Å². The summed E-state index contributed by atoms with van der Waals surface area (Å²) in [5, 5.41) is 0. The van der Waals surface area contributed by atoms with Crippen LogP contribution in [0.15, 0.2) is 35.9 Å². The van der Waals surface area contributed by atoms with Gasteiger partial charge >= 0.3 is 0 Å². The van der Waals surface area contributed by atoms with Crippen molar-refractivity contribution in [3.8, 4) is 0 Å². The zero-order valence-corrected chi connectivity index (χ0v) is 10.7. The molecule has 0 aromatic heterocycles. The van der Waals surface area contributed by atoms with E-state index < -0.39 is 0 Å². The first-order valence-corrected chi connectivity index (χ1v) is 6.64. The minimum atomic E-state index is -0.196. The molecule has 0 N–H and O–H groups in total. The maximum atomic E-state index is 6.29. The van der Waals surface area contributed by atoms with E-state index in [0.29, 0.717) is 6.10 Å². The van der Waals surface area contributed by atoms with E-state index in [1.807, 2.05) is 0 Å². The standard InChI is InChI=1S/C16H20O/c1-12-7-9-14(10-8-12)16(2)11-13-5-3-4-6-15(13)17-16/h7-11,15H,3-6H2,1-2H3/t15-,16-/m1/s1. The zero-order chi connectivity index (χ0) is 11.9. The van der Waals surface area contributed by atoms with Crippen molar-refractivity contribution in [3.63, 3.8) is 0 Å². The topological polar surface area (TPSA) is 9.23 Å². The van der Waals surface area contributed by atoms with E-state index in [9.17, 15) is 0 Å². The largest absolute Gasteiger partial charge is 0.359 e. The molecule has 0 bridgehead atoms. The number of hydrogen-bond acceptors (Lipinski definition) is 1. The lowest BCUT2D eigenvalue weighted by atomic mass is 9.90.